The molecule has 1 aliphatic rings. The van der Waals surface area contributed by atoms with Crippen LogP contribution in [0.2, 0.25) is 0 Å². The fourth-order valence-corrected chi connectivity index (χ4v) is 3.30. The van der Waals surface area contributed by atoms with Gasteiger partial charge in [0.25, 0.3) is 11.8 Å². The van der Waals surface area contributed by atoms with Crippen LogP contribution in [-0.2, 0) is 22.6 Å². The molecular formula is C22H24FN3O7. The fourth-order valence-electron chi connectivity index (χ4n) is 3.30. The maximum Gasteiger partial charge on any atom is 0.326 e. The van der Waals surface area contributed by atoms with Crippen LogP contribution in [0.1, 0.15) is 47.2 Å². The first-order valence-electron chi connectivity index (χ1n) is 10.1. The smallest absolute Gasteiger partial charge is 0.326 e. The first-order chi connectivity index (χ1) is 15.4. The van der Waals surface area contributed by atoms with Crippen molar-refractivity contribution >= 4 is 17.8 Å². The van der Waals surface area contributed by atoms with Crippen LogP contribution in [0.3, 0.4) is 0 Å². The number of aliphatic hydroxyl groups excluding tert-OH is 1. The van der Waals surface area contributed by atoms with Crippen LogP contribution in [0.25, 0.3) is 0 Å². The van der Waals surface area contributed by atoms with Crippen LogP contribution in [0.5, 0.6) is 5.75 Å². The summed E-state index contributed by atoms with van der Waals surface area (Å²) < 4.78 is 19.2. The number of carbonyl (C=O) groups is 3. The molecule has 11 heteroatoms. The number of rotatable bonds is 5. The third-order valence-electron chi connectivity index (χ3n) is 4.77. The molecule has 10 nitrogen and oxygen atoms in total. The van der Waals surface area contributed by atoms with E-state index >= 15 is 0 Å². The van der Waals surface area contributed by atoms with Gasteiger partial charge >= 0.3 is 5.97 Å². The zero-order chi connectivity index (χ0) is 24.5. The summed E-state index contributed by atoms with van der Waals surface area (Å²) in [5.74, 6) is -3.98. The molecule has 33 heavy (non-hydrogen) atoms. The van der Waals surface area contributed by atoms with Crippen molar-refractivity contribution in [2.45, 2.75) is 45.7 Å². The summed E-state index contributed by atoms with van der Waals surface area (Å²) in [6, 6.07) is 5.36. The van der Waals surface area contributed by atoms with E-state index in [-0.39, 0.29) is 13.1 Å². The van der Waals surface area contributed by atoms with Gasteiger partial charge in [0.2, 0.25) is 5.43 Å². The Balaban J connectivity index is 1.82. The molecule has 0 saturated carbocycles. The van der Waals surface area contributed by atoms with Crippen LogP contribution < -0.4 is 10.7 Å². The molecule has 2 heterocycles. The number of hydrogen-bond acceptors (Lipinski definition) is 7. The number of pyridine rings is 1. The summed E-state index contributed by atoms with van der Waals surface area (Å²) in [6.45, 7) is 4.03. The number of aromatic hydroxyl groups is 1. The summed E-state index contributed by atoms with van der Waals surface area (Å²) in [6.07, 6.45) is -0.405. The van der Waals surface area contributed by atoms with Gasteiger partial charge in [-0.2, -0.15) is 0 Å². The van der Waals surface area contributed by atoms with Gasteiger partial charge in [0.15, 0.2) is 11.4 Å². The lowest BCUT2D eigenvalue weighted by Gasteiger charge is -2.34. The van der Waals surface area contributed by atoms with E-state index in [1.807, 2.05) is 0 Å². The summed E-state index contributed by atoms with van der Waals surface area (Å²) in [5, 5.41) is 23.3. The molecule has 1 aromatic heterocycles. The first kappa shape index (κ1) is 23.9. The number of ether oxygens (including phenoxy) is 1. The number of nitrogens with one attached hydrogen (secondary N) is 1. The molecule has 2 amide bonds. The molecule has 3 N–H and O–H groups in total. The quantitative estimate of drug-likeness (QED) is 0.558. The zero-order valence-electron chi connectivity index (χ0n) is 18.3. The number of halogens is 1. The highest BCUT2D eigenvalue weighted by Crippen LogP contribution is 2.23. The van der Waals surface area contributed by atoms with Crippen LogP contribution in [0.4, 0.5) is 4.39 Å². The number of fused-ring (bicyclic) bond motifs is 1. The number of nitrogens with zero attached hydrogens (tertiary/aromatic N) is 2. The molecule has 1 unspecified atom stereocenters. The van der Waals surface area contributed by atoms with E-state index in [1.54, 1.807) is 20.8 Å². The van der Waals surface area contributed by atoms with Crippen molar-refractivity contribution in [2.75, 3.05) is 6.54 Å². The zero-order valence-corrected chi connectivity index (χ0v) is 18.3. The maximum absolute atomic E-state index is 13.0. The van der Waals surface area contributed by atoms with Crippen molar-refractivity contribution in [3.8, 4) is 5.75 Å². The topological polar surface area (TPSA) is 138 Å². The summed E-state index contributed by atoms with van der Waals surface area (Å²) >= 11 is 0. The molecule has 3 rings (SSSR count). The number of hydrogen-bond donors (Lipinski definition) is 3. The molecule has 0 spiro atoms. The Morgan fingerprint density at radius 3 is 2.45 bits per heavy atom. The molecular weight excluding hydrogens is 437 g/mol. The Morgan fingerprint density at radius 2 is 1.85 bits per heavy atom. The monoisotopic (exact) mass is 461 g/mol. The van der Waals surface area contributed by atoms with Gasteiger partial charge in [0, 0.05) is 12.7 Å². The summed E-state index contributed by atoms with van der Waals surface area (Å²) in [7, 11) is 0. The van der Waals surface area contributed by atoms with E-state index in [0.717, 1.165) is 15.7 Å². The van der Waals surface area contributed by atoms with Crippen molar-refractivity contribution in [1.29, 1.82) is 0 Å². The van der Waals surface area contributed by atoms with Crippen LogP contribution in [0, 0.1) is 5.82 Å². The van der Waals surface area contributed by atoms with Gasteiger partial charge in [-0.15, -0.1) is 0 Å². The number of carbonyl (C=O) groups excluding carboxylic acids is 3. The van der Waals surface area contributed by atoms with E-state index in [4.69, 9.17) is 4.74 Å². The average molecular weight is 461 g/mol. The van der Waals surface area contributed by atoms with Crippen LogP contribution in [-0.4, -0.2) is 55.8 Å². The molecule has 0 aliphatic carbocycles. The van der Waals surface area contributed by atoms with E-state index in [2.05, 4.69) is 5.32 Å². The minimum absolute atomic E-state index is 0.00765. The molecule has 176 valence electrons. The van der Waals surface area contributed by atoms with E-state index in [0.29, 0.717) is 5.56 Å². The minimum atomic E-state index is -1.46. The minimum Gasteiger partial charge on any atom is -0.503 e. The van der Waals surface area contributed by atoms with Crippen molar-refractivity contribution in [1.82, 2.24) is 14.8 Å². The summed E-state index contributed by atoms with van der Waals surface area (Å²) in [4.78, 5) is 50.8. The third kappa shape index (κ3) is 5.37. The molecule has 1 aromatic carbocycles. The normalized spacial score (nSPS) is 15.7. The number of benzene rings is 1. The van der Waals surface area contributed by atoms with Gasteiger partial charge in [0.1, 0.15) is 29.8 Å². The van der Waals surface area contributed by atoms with Crippen molar-refractivity contribution in [3.63, 3.8) is 0 Å². The standard InChI is InChI=1S/C22H24FN3O7/c1-22(2,3)33-16(28)11-26-15(27)10-25-9-14(18(29)19(30)17(25)21(26)32)20(31)24-8-12-4-6-13(23)7-5-12/h4-7,9,15,27,30H,8,10-11H2,1-3H3,(H,24,31). The number of amides is 2. The molecule has 1 atom stereocenters. The van der Waals surface area contributed by atoms with E-state index in [9.17, 15) is 33.8 Å². The molecule has 0 bridgehead atoms. The van der Waals surface area contributed by atoms with Crippen molar-refractivity contribution in [2.24, 2.45) is 0 Å². The largest absolute Gasteiger partial charge is 0.503 e. The SMILES string of the molecule is CC(C)(C)OC(=O)CN1C(=O)c2c(O)c(=O)c(C(=O)NCc3ccc(F)cc3)cn2CC1O. The lowest BCUT2D eigenvalue weighted by molar-refractivity contribution is -0.158. The van der Waals surface area contributed by atoms with Crippen molar-refractivity contribution in [3.05, 3.63) is 63.3 Å². The van der Waals surface area contributed by atoms with E-state index in [1.165, 1.54) is 24.3 Å². The predicted molar refractivity (Wildman–Crippen MR) is 113 cm³/mol. The second kappa shape index (κ2) is 9.02. The molecule has 0 fully saturated rings. The molecule has 0 saturated heterocycles. The fraction of sp³-hybridized carbons (Fsp3) is 0.364. The maximum atomic E-state index is 13.0. The number of aliphatic hydroxyl groups is 1. The van der Waals surface area contributed by atoms with Gasteiger partial charge in [-0.1, -0.05) is 12.1 Å². The third-order valence-corrected chi connectivity index (χ3v) is 4.77. The van der Waals surface area contributed by atoms with Gasteiger partial charge in [-0.3, -0.25) is 24.1 Å². The van der Waals surface area contributed by atoms with E-state index < -0.39 is 64.4 Å². The lowest BCUT2D eigenvalue weighted by Crippen LogP contribution is -2.51. The van der Waals surface area contributed by atoms with Crippen molar-refractivity contribution < 1.29 is 33.7 Å². The predicted octanol–water partition coefficient (Wildman–Crippen LogP) is 0.739. The molecule has 1 aliphatic heterocycles. The average Bonchev–Trinajstić information content (AvgIpc) is 2.71. The Labute approximate surface area is 188 Å². The van der Waals surface area contributed by atoms with Gasteiger partial charge < -0.3 is 24.8 Å². The first-order valence-corrected chi connectivity index (χ1v) is 10.1. The number of aromatic nitrogens is 1. The highest BCUT2D eigenvalue weighted by atomic mass is 19.1. The summed E-state index contributed by atoms with van der Waals surface area (Å²) in [5.41, 5.74) is -2.22. The molecule has 0 radical (unpaired) electrons. The number of esters is 1. The highest BCUT2D eigenvalue weighted by Gasteiger charge is 2.37. The molecule has 2 aromatic rings. The second-order valence-electron chi connectivity index (χ2n) is 8.53. The van der Waals surface area contributed by atoms with Gasteiger partial charge in [0.05, 0.1) is 6.54 Å². The van der Waals surface area contributed by atoms with Crippen LogP contribution in [0.15, 0.2) is 35.3 Å². The highest BCUT2D eigenvalue weighted by molar-refractivity contribution is 6.00. The Bertz CT molecular complexity index is 1150. The Hall–Kier alpha value is -3.73. The second-order valence-corrected chi connectivity index (χ2v) is 8.53. The lowest BCUT2D eigenvalue weighted by atomic mass is 10.1. The Morgan fingerprint density at radius 1 is 1.21 bits per heavy atom. The van der Waals surface area contributed by atoms with Crippen LogP contribution >= 0.6 is 0 Å². The van der Waals surface area contributed by atoms with Gasteiger partial charge in [-0.05, 0) is 38.5 Å². The van der Waals surface area contributed by atoms with Gasteiger partial charge in [-0.25, -0.2) is 4.39 Å². The Kier molecular flexibility index (Phi) is 6.54.